The number of nitrogens with one attached hydrogen (secondary N) is 2. The van der Waals surface area contributed by atoms with E-state index < -0.39 is 0 Å². The van der Waals surface area contributed by atoms with E-state index in [1.807, 2.05) is 0 Å². The Labute approximate surface area is 96.2 Å². The lowest BCUT2D eigenvalue weighted by Crippen LogP contribution is -2.45. The normalized spacial score (nSPS) is 15.2. The Morgan fingerprint density at radius 1 is 1.00 bits per heavy atom. The molecule has 0 rings (SSSR count). The van der Waals surface area contributed by atoms with E-state index in [4.69, 9.17) is 0 Å². The summed E-state index contributed by atoms with van der Waals surface area (Å²) >= 11 is 0. The molecule has 0 bridgehead atoms. The molecule has 0 fully saturated rings. The van der Waals surface area contributed by atoms with Crippen molar-refractivity contribution in [1.29, 1.82) is 0 Å². The maximum Gasteiger partial charge on any atom is 0.0218 e. The first-order valence-electron chi connectivity index (χ1n) is 6.66. The molecule has 15 heavy (non-hydrogen) atoms. The van der Waals surface area contributed by atoms with Crippen LogP contribution < -0.4 is 10.6 Å². The molecule has 2 nitrogen and oxygen atoms in total. The minimum absolute atomic E-state index is 0.582. The second-order valence-corrected chi connectivity index (χ2v) is 4.49. The van der Waals surface area contributed by atoms with E-state index in [2.05, 4.69) is 38.5 Å². The zero-order chi connectivity index (χ0) is 11.5. The third-order valence-corrected chi connectivity index (χ3v) is 3.11. The topological polar surface area (TPSA) is 24.1 Å². The van der Waals surface area contributed by atoms with E-state index in [0.717, 1.165) is 0 Å². The number of hydrogen-bond donors (Lipinski definition) is 2. The summed E-state index contributed by atoms with van der Waals surface area (Å²) in [5.74, 6) is 0. The average molecular weight is 214 g/mol. The zero-order valence-electron chi connectivity index (χ0n) is 11.1. The molecular formula is C13H30N2. The van der Waals surface area contributed by atoms with Gasteiger partial charge in [0.15, 0.2) is 0 Å². The monoisotopic (exact) mass is 214 g/mol. The number of rotatable bonds is 10. The summed E-state index contributed by atoms with van der Waals surface area (Å²) in [6.45, 7) is 7.95. The molecule has 0 spiro atoms. The molecule has 0 aliphatic carbocycles. The third-order valence-electron chi connectivity index (χ3n) is 3.11. The van der Waals surface area contributed by atoms with Crippen molar-refractivity contribution >= 4 is 0 Å². The fourth-order valence-electron chi connectivity index (χ4n) is 1.81. The second kappa shape index (κ2) is 10.4. The van der Waals surface area contributed by atoms with Crippen LogP contribution in [-0.4, -0.2) is 25.7 Å². The smallest absolute Gasteiger partial charge is 0.0218 e. The Bertz CT molecular complexity index is 116. The van der Waals surface area contributed by atoms with Crippen molar-refractivity contribution in [1.82, 2.24) is 10.6 Å². The molecule has 0 amide bonds. The molecule has 0 aromatic carbocycles. The van der Waals surface area contributed by atoms with Crippen LogP contribution in [0.15, 0.2) is 0 Å². The summed E-state index contributed by atoms with van der Waals surface area (Å²) in [7, 11) is 2.05. The van der Waals surface area contributed by atoms with Gasteiger partial charge in [-0.25, -0.2) is 0 Å². The van der Waals surface area contributed by atoms with E-state index in [-0.39, 0.29) is 0 Å². The predicted molar refractivity (Wildman–Crippen MR) is 69.4 cm³/mol. The van der Waals surface area contributed by atoms with Crippen LogP contribution in [0.1, 0.15) is 59.3 Å². The lowest BCUT2D eigenvalue weighted by molar-refractivity contribution is 0.372. The van der Waals surface area contributed by atoms with E-state index in [9.17, 15) is 0 Å². The largest absolute Gasteiger partial charge is 0.316 e. The van der Waals surface area contributed by atoms with Gasteiger partial charge < -0.3 is 10.6 Å². The van der Waals surface area contributed by atoms with E-state index in [1.165, 1.54) is 45.1 Å². The Morgan fingerprint density at radius 3 is 2.20 bits per heavy atom. The summed E-state index contributed by atoms with van der Waals surface area (Å²) < 4.78 is 0. The zero-order valence-corrected chi connectivity index (χ0v) is 11.1. The van der Waals surface area contributed by atoms with Crippen molar-refractivity contribution < 1.29 is 0 Å². The van der Waals surface area contributed by atoms with Crippen molar-refractivity contribution in [2.45, 2.75) is 71.4 Å². The molecular weight excluding hydrogens is 184 g/mol. The molecule has 2 atom stereocenters. The van der Waals surface area contributed by atoms with Gasteiger partial charge in [-0.2, -0.15) is 0 Å². The fourth-order valence-corrected chi connectivity index (χ4v) is 1.81. The minimum atomic E-state index is 0.582. The van der Waals surface area contributed by atoms with Crippen molar-refractivity contribution in [3.8, 4) is 0 Å². The predicted octanol–water partition coefficient (Wildman–Crippen LogP) is 2.93. The van der Waals surface area contributed by atoms with Crippen LogP contribution in [0.5, 0.6) is 0 Å². The Morgan fingerprint density at radius 2 is 1.67 bits per heavy atom. The lowest BCUT2D eigenvalue weighted by atomic mass is 10.0. The molecule has 0 aromatic rings. The average Bonchev–Trinajstić information content (AvgIpc) is 2.26. The highest BCUT2D eigenvalue weighted by Crippen LogP contribution is 2.07. The van der Waals surface area contributed by atoms with E-state index in [0.29, 0.717) is 12.1 Å². The quantitative estimate of drug-likeness (QED) is 0.546. The maximum absolute atomic E-state index is 3.67. The van der Waals surface area contributed by atoms with Gasteiger partial charge >= 0.3 is 0 Å². The van der Waals surface area contributed by atoms with Crippen LogP contribution in [0, 0.1) is 0 Å². The summed E-state index contributed by atoms with van der Waals surface area (Å²) in [5.41, 5.74) is 0. The van der Waals surface area contributed by atoms with Crippen LogP contribution in [0.3, 0.4) is 0 Å². The number of likely N-dealkylation sites (N-methyl/N-ethyl adjacent to an activating group) is 1. The van der Waals surface area contributed by atoms with Gasteiger partial charge in [0.05, 0.1) is 0 Å². The molecule has 0 heterocycles. The maximum atomic E-state index is 3.67. The van der Waals surface area contributed by atoms with E-state index >= 15 is 0 Å². The highest BCUT2D eigenvalue weighted by Gasteiger charge is 2.13. The van der Waals surface area contributed by atoms with Crippen LogP contribution in [0.25, 0.3) is 0 Å². The van der Waals surface area contributed by atoms with Crippen molar-refractivity contribution in [3.63, 3.8) is 0 Å². The van der Waals surface area contributed by atoms with Crippen molar-refractivity contribution in [2.75, 3.05) is 13.6 Å². The highest BCUT2D eigenvalue weighted by molar-refractivity contribution is 4.77. The van der Waals surface area contributed by atoms with Crippen LogP contribution in [0.2, 0.25) is 0 Å². The lowest BCUT2D eigenvalue weighted by Gasteiger charge is -2.25. The first kappa shape index (κ1) is 14.9. The van der Waals surface area contributed by atoms with Gasteiger partial charge in [0.1, 0.15) is 0 Å². The minimum Gasteiger partial charge on any atom is -0.316 e. The highest BCUT2D eigenvalue weighted by atomic mass is 15.0. The van der Waals surface area contributed by atoms with Gasteiger partial charge in [0.25, 0.3) is 0 Å². The Hall–Kier alpha value is -0.0800. The third kappa shape index (κ3) is 7.80. The second-order valence-electron chi connectivity index (χ2n) is 4.49. The summed E-state index contributed by atoms with van der Waals surface area (Å²) in [6, 6.07) is 1.23. The van der Waals surface area contributed by atoms with Crippen LogP contribution in [-0.2, 0) is 0 Å². The van der Waals surface area contributed by atoms with Crippen LogP contribution >= 0.6 is 0 Å². The summed E-state index contributed by atoms with van der Waals surface area (Å²) in [4.78, 5) is 0. The molecule has 2 N–H and O–H groups in total. The molecule has 0 saturated heterocycles. The van der Waals surface area contributed by atoms with Crippen LogP contribution in [0.4, 0.5) is 0 Å². The fraction of sp³-hybridized carbons (Fsp3) is 1.00. The Kier molecular flexibility index (Phi) is 10.4. The molecule has 92 valence electrons. The van der Waals surface area contributed by atoms with Crippen molar-refractivity contribution in [2.24, 2.45) is 0 Å². The standard InChI is InChI=1S/C13H30N2/c1-5-7-9-10-13(12(3)14-4)15-11-8-6-2/h12-15H,5-11H2,1-4H3/t12-,13?/m0/s1. The molecule has 1 unspecified atom stereocenters. The van der Waals surface area contributed by atoms with Crippen molar-refractivity contribution in [3.05, 3.63) is 0 Å². The van der Waals surface area contributed by atoms with Gasteiger partial charge in [-0.15, -0.1) is 0 Å². The van der Waals surface area contributed by atoms with Gasteiger partial charge in [-0.1, -0.05) is 39.5 Å². The number of unbranched alkanes of at least 4 members (excludes halogenated alkanes) is 3. The molecule has 0 saturated carbocycles. The van der Waals surface area contributed by atoms with E-state index in [1.54, 1.807) is 0 Å². The van der Waals surface area contributed by atoms with Gasteiger partial charge in [0.2, 0.25) is 0 Å². The SMILES string of the molecule is CCCCCC(NCCCC)[C@H](C)NC. The van der Waals surface area contributed by atoms with Gasteiger partial charge in [-0.05, 0) is 33.4 Å². The van der Waals surface area contributed by atoms with Gasteiger partial charge in [-0.3, -0.25) is 0 Å². The first-order valence-corrected chi connectivity index (χ1v) is 6.66. The molecule has 0 aromatic heterocycles. The molecule has 0 aliphatic rings. The molecule has 0 aliphatic heterocycles. The first-order chi connectivity index (χ1) is 7.26. The summed E-state index contributed by atoms with van der Waals surface area (Å²) in [6.07, 6.45) is 7.91. The Balaban J connectivity index is 3.73. The summed E-state index contributed by atoms with van der Waals surface area (Å²) in [5, 5.41) is 7.02. The molecule has 2 heteroatoms. The number of hydrogen-bond acceptors (Lipinski definition) is 2. The molecule has 0 radical (unpaired) electrons. The van der Waals surface area contributed by atoms with Gasteiger partial charge in [0, 0.05) is 12.1 Å².